The SMILES string of the molecule is CC(Cc1ccc(Cl)cc1)N(C)C(=O)[C@H](C)N.Cl. The van der Waals surface area contributed by atoms with Crippen LogP contribution in [0.15, 0.2) is 24.3 Å². The van der Waals surface area contributed by atoms with E-state index in [0.29, 0.717) is 0 Å². The van der Waals surface area contributed by atoms with Crippen molar-refractivity contribution in [1.29, 1.82) is 0 Å². The molecule has 0 aliphatic carbocycles. The molecule has 1 amide bonds. The van der Waals surface area contributed by atoms with E-state index in [2.05, 4.69) is 0 Å². The zero-order chi connectivity index (χ0) is 13.0. The molecule has 0 aliphatic rings. The first-order valence-electron chi connectivity index (χ1n) is 5.68. The third-order valence-corrected chi connectivity index (χ3v) is 3.09. The molecule has 0 heterocycles. The van der Waals surface area contributed by atoms with Gasteiger partial charge in [-0.25, -0.2) is 0 Å². The number of rotatable bonds is 4. The number of carbonyl (C=O) groups excluding carboxylic acids is 1. The highest BCUT2D eigenvalue weighted by molar-refractivity contribution is 6.30. The van der Waals surface area contributed by atoms with Crippen LogP contribution in [0.1, 0.15) is 19.4 Å². The lowest BCUT2D eigenvalue weighted by Gasteiger charge is -2.26. The van der Waals surface area contributed by atoms with Gasteiger partial charge in [0.2, 0.25) is 5.91 Å². The van der Waals surface area contributed by atoms with Gasteiger partial charge in [0.1, 0.15) is 0 Å². The van der Waals surface area contributed by atoms with Crippen LogP contribution in [0, 0.1) is 0 Å². The molecule has 0 saturated carbocycles. The van der Waals surface area contributed by atoms with Gasteiger partial charge >= 0.3 is 0 Å². The lowest BCUT2D eigenvalue weighted by Crippen LogP contribution is -2.44. The van der Waals surface area contributed by atoms with E-state index in [4.69, 9.17) is 17.3 Å². The summed E-state index contributed by atoms with van der Waals surface area (Å²) in [6, 6.07) is 7.34. The summed E-state index contributed by atoms with van der Waals surface area (Å²) in [5.41, 5.74) is 6.74. The minimum atomic E-state index is -0.451. The number of nitrogens with zero attached hydrogens (tertiary/aromatic N) is 1. The molecule has 0 fully saturated rings. The van der Waals surface area contributed by atoms with Crippen LogP contribution in [0.5, 0.6) is 0 Å². The van der Waals surface area contributed by atoms with E-state index in [1.165, 1.54) is 0 Å². The molecule has 1 aromatic rings. The van der Waals surface area contributed by atoms with Gasteiger partial charge in [0.15, 0.2) is 0 Å². The Hall–Kier alpha value is -0.770. The van der Waals surface area contributed by atoms with Crippen LogP contribution < -0.4 is 5.73 Å². The van der Waals surface area contributed by atoms with Crippen molar-refractivity contribution in [2.24, 2.45) is 5.73 Å². The third-order valence-electron chi connectivity index (χ3n) is 2.84. The molecule has 2 atom stereocenters. The summed E-state index contributed by atoms with van der Waals surface area (Å²) in [5.74, 6) is -0.0357. The lowest BCUT2D eigenvalue weighted by atomic mass is 10.1. The van der Waals surface area contributed by atoms with Gasteiger partial charge in [0.25, 0.3) is 0 Å². The van der Waals surface area contributed by atoms with Crippen molar-refractivity contribution in [1.82, 2.24) is 4.90 Å². The molecule has 1 rings (SSSR count). The Labute approximate surface area is 120 Å². The van der Waals surface area contributed by atoms with Gasteiger partial charge in [-0.05, 0) is 38.0 Å². The molecule has 1 unspecified atom stereocenters. The fourth-order valence-corrected chi connectivity index (χ4v) is 1.76. The highest BCUT2D eigenvalue weighted by atomic mass is 35.5. The number of nitrogens with two attached hydrogens (primary N) is 1. The van der Waals surface area contributed by atoms with Gasteiger partial charge in [0, 0.05) is 18.1 Å². The Morgan fingerprint density at radius 1 is 1.33 bits per heavy atom. The average molecular weight is 291 g/mol. The van der Waals surface area contributed by atoms with E-state index >= 15 is 0 Å². The van der Waals surface area contributed by atoms with Crippen LogP contribution in [0.2, 0.25) is 5.02 Å². The second-order valence-corrected chi connectivity index (χ2v) is 4.85. The maximum atomic E-state index is 11.7. The Kier molecular flexibility index (Phi) is 7.29. The molecule has 0 radical (unpaired) electrons. The first-order valence-corrected chi connectivity index (χ1v) is 6.06. The van der Waals surface area contributed by atoms with E-state index < -0.39 is 6.04 Å². The van der Waals surface area contributed by atoms with Gasteiger partial charge in [-0.1, -0.05) is 23.7 Å². The first-order chi connectivity index (χ1) is 7.91. The summed E-state index contributed by atoms with van der Waals surface area (Å²) < 4.78 is 0. The largest absolute Gasteiger partial charge is 0.341 e. The average Bonchev–Trinajstić information content (AvgIpc) is 2.30. The fraction of sp³-hybridized carbons (Fsp3) is 0.462. The molecule has 0 aliphatic heterocycles. The molecule has 0 bridgehead atoms. The highest BCUT2D eigenvalue weighted by Crippen LogP contribution is 2.13. The minimum Gasteiger partial charge on any atom is -0.341 e. The number of amides is 1. The van der Waals surface area contributed by atoms with E-state index in [1.54, 1.807) is 18.9 Å². The maximum absolute atomic E-state index is 11.7. The van der Waals surface area contributed by atoms with Crippen molar-refractivity contribution >= 4 is 29.9 Å². The molecule has 18 heavy (non-hydrogen) atoms. The Morgan fingerprint density at radius 2 is 1.83 bits per heavy atom. The minimum absolute atomic E-state index is 0. The van der Waals surface area contributed by atoms with Gasteiger partial charge in [-0.15, -0.1) is 12.4 Å². The number of hydrogen-bond donors (Lipinski definition) is 1. The second kappa shape index (κ2) is 7.62. The van der Waals surface area contributed by atoms with E-state index in [9.17, 15) is 4.79 Å². The standard InChI is InChI=1S/C13H19ClN2O.ClH/c1-9(16(3)13(17)10(2)15)8-11-4-6-12(14)7-5-11;/h4-7,9-10H,8,15H2,1-3H3;1H/t9?,10-;/m0./s1. The molecule has 102 valence electrons. The molecule has 1 aromatic carbocycles. The van der Waals surface area contributed by atoms with Crippen LogP contribution in [-0.2, 0) is 11.2 Å². The van der Waals surface area contributed by atoms with E-state index in [-0.39, 0.29) is 24.4 Å². The monoisotopic (exact) mass is 290 g/mol. The van der Waals surface area contributed by atoms with Crippen molar-refractivity contribution in [3.05, 3.63) is 34.9 Å². The van der Waals surface area contributed by atoms with Crippen LogP contribution >= 0.6 is 24.0 Å². The maximum Gasteiger partial charge on any atom is 0.239 e. The molecule has 5 heteroatoms. The summed E-state index contributed by atoms with van der Waals surface area (Å²) in [7, 11) is 1.78. The van der Waals surface area contributed by atoms with Crippen molar-refractivity contribution in [3.63, 3.8) is 0 Å². The summed E-state index contributed by atoms with van der Waals surface area (Å²) in [5, 5.41) is 0.724. The van der Waals surface area contributed by atoms with E-state index in [0.717, 1.165) is 17.0 Å². The quantitative estimate of drug-likeness (QED) is 0.926. The summed E-state index contributed by atoms with van der Waals surface area (Å²) >= 11 is 5.82. The zero-order valence-corrected chi connectivity index (χ0v) is 12.5. The summed E-state index contributed by atoms with van der Waals surface area (Å²) in [4.78, 5) is 13.4. The Bertz CT molecular complexity index is 379. The predicted octanol–water partition coefficient (Wildman–Crippen LogP) is 2.50. The van der Waals surface area contributed by atoms with Gasteiger partial charge < -0.3 is 10.6 Å². The van der Waals surface area contributed by atoms with Crippen LogP contribution in [0.25, 0.3) is 0 Å². The smallest absolute Gasteiger partial charge is 0.239 e. The fourth-order valence-electron chi connectivity index (χ4n) is 1.64. The second-order valence-electron chi connectivity index (χ2n) is 4.42. The molecular weight excluding hydrogens is 271 g/mol. The zero-order valence-electron chi connectivity index (χ0n) is 10.9. The van der Waals surface area contributed by atoms with Crippen molar-refractivity contribution < 1.29 is 4.79 Å². The van der Waals surface area contributed by atoms with Crippen LogP contribution in [0.3, 0.4) is 0 Å². The first kappa shape index (κ1) is 17.2. The van der Waals surface area contributed by atoms with Crippen LogP contribution in [0.4, 0.5) is 0 Å². The van der Waals surface area contributed by atoms with Crippen molar-refractivity contribution in [3.8, 4) is 0 Å². The van der Waals surface area contributed by atoms with Gasteiger partial charge in [-0.2, -0.15) is 0 Å². The lowest BCUT2D eigenvalue weighted by molar-refractivity contribution is -0.132. The molecule has 0 aromatic heterocycles. The molecule has 0 spiro atoms. The molecule has 3 nitrogen and oxygen atoms in total. The summed E-state index contributed by atoms with van der Waals surface area (Å²) in [6.45, 7) is 3.71. The number of carbonyl (C=O) groups is 1. The normalized spacial score (nSPS) is 13.4. The van der Waals surface area contributed by atoms with Gasteiger partial charge in [0.05, 0.1) is 6.04 Å². The molecular formula is C13H20Cl2N2O. The molecule has 2 N–H and O–H groups in total. The molecule has 0 saturated heterocycles. The highest BCUT2D eigenvalue weighted by Gasteiger charge is 2.18. The number of halogens is 2. The topological polar surface area (TPSA) is 46.3 Å². The Balaban J connectivity index is 0.00000289. The third kappa shape index (κ3) is 4.84. The summed E-state index contributed by atoms with van der Waals surface area (Å²) in [6.07, 6.45) is 0.798. The number of likely N-dealkylation sites (N-methyl/N-ethyl adjacent to an activating group) is 1. The number of hydrogen-bond acceptors (Lipinski definition) is 2. The number of benzene rings is 1. The van der Waals surface area contributed by atoms with Gasteiger partial charge in [-0.3, -0.25) is 4.79 Å². The van der Waals surface area contributed by atoms with E-state index in [1.807, 2.05) is 31.2 Å². The predicted molar refractivity (Wildman–Crippen MR) is 78.3 cm³/mol. The van der Waals surface area contributed by atoms with Crippen molar-refractivity contribution in [2.75, 3.05) is 7.05 Å². The van der Waals surface area contributed by atoms with Crippen molar-refractivity contribution in [2.45, 2.75) is 32.4 Å². The Morgan fingerprint density at radius 3 is 2.28 bits per heavy atom. The van der Waals surface area contributed by atoms with Crippen LogP contribution in [-0.4, -0.2) is 29.9 Å².